The number of amides is 2. The Bertz CT molecular complexity index is 681. The molecule has 2 N–H and O–H groups in total. The first kappa shape index (κ1) is 19.6. The molecule has 1 saturated heterocycles. The molecule has 0 saturated carbocycles. The van der Waals surface area contributed by atoms with Gasteiger partial charge in [0.2, 0.25) is 11.8 Å². The minimum atomic E-state index is -3.02. The average Bonchev–Trinajstić information content (AvgIpc) is 3.07. The van der Waals surface area contributed by atoms with Gasteiger partial charge in [-0.05, 0) is 18.6 Å². The van der Waals surface area contributed by atoms with Gasteiger partial charge in [0.15, 0.2) is 11.5 Å². The molecule has 7 nitrogen and oxygen atoms in total. The normalized spacial score (nSPS) is 17.1. The van der Waals surface area contributed by atoms with E-state index < -0.39 is 12.5 Å². The van der Waals surface area contributed by atoms with Crippen LogP contribution in [0.15, 0.2) is 24.3 Å². The summed E-state index contributed by atoms with van der Waals surface area (Å²) in [4.78, 5) is 24.5. The molecule has 142 valence electrons. The molecule has 9 heteroatoms. The third kappa shape index (κ3) is 5.41. The number of benzene rings is 1. The van der Waals surface area contributed by atoms with Crippen LogP contribution in [0.25, 0.3) is 6.08 Å². The molecule has 0 unspecified atom stereocenters. The van der Waals surface area contributed by atoms with Gasteiger partial charge >= 0.3 is 6.61 Å². The van der Waals surface area contributed by atoms with E-state index in [0.29, 0.717) is 25.1 Å². The van der Waals surface area contributed by atoms with Crippen LogP contribution in [-0.4, -0.2) is 56.2 Å². The molecule has 1 aromatic rings. The number of hydrogen-bond acceptors (Lipinski definition) is 5. The molecule has 0 aliphatic carbocycles. The summed E-state index contributed by atoms with van der Waals surface area (Å²) in [7, 11) is 1.34. The van der Waals surface area contributed by atoms with Crippen molar-refractivity contribution in [1.29, 1.82) is 0 Å². The second-order valence-electron chi connectivity index (χ2n) is 5.56. The number of ether oxygens (including phenoxy) is 3. The Kier molecular flexibility index (Phi) is 6.90. The average molecular weight is 370 g/mol. The summed E-state index contributed by atoms with van der Waals surface area (Å²) in [6.45, 7) is -2.42. The summed E-state index contributed by atoms with van der Waals surface area (Å²) < 4.78 is 40.0. The first-order valence-corrected chi connectivity index (χ1v) is 7.89. The van der Waals surface area contributed by atoms with Gasteiger partial charge in [0.05, 0.1) is 13.2 Å². The first-order valence-electron chi connectivity index (χ1n) is 7.89. The van der Waals surface area contributed by atoms with E-state index in [-0.39, 0.29) is 30.1 Å². The van der Waals surface area contributed by atoms with E-state index in [4.69, 9.17) is 15.2 Å². The number of likely N-dealkylation sites (tertiary alicyclic amines) is 1. The molecule has 1 aliphatic rings. The van der Waals surface area contributed by atoms with Gasteiger partial charge in [-0.2, -0.15) is 8.78 Å². The molecule has 2 amide bonds. The summed E-state index contributed by atoms with van der Waals surface area (Å²) in [5, 5.41) is 0. The Hall–Kier alpha value is -2.68. The zero-order valence-electron chi connectivity index (χ0n) is 14.2. The van der Waals surface area contributed by atoms with Crippen LogP contribution in [0.2, 0.25) is 0 Å². The summed E-state index contributed by atoms with van der Waals surface area (Å²) >= 11 is 0. The molecule has 26 heavy (non-hydrogen) atoms. The number of carbonyl (C=O) groups is 2. The number of nitrogens with zero attached hydrogens (tertiary/aromatic N) is 1. The highest BCUT2D eigenvalue weighted by Crippen LogP contribution is 2.33. The Labute approximate surface area is 149 Å². The predicted octanol–water partition coefficient (Wildman–Crippen LogP) is 1.41. The van der Waals surface area contributed by atoms with Crippen LogP contribution >= 0.6 is 0 Å². The van der Waals surface area contributed by atoms with Crippen LogP contribution in [0.1, 0.15) is 12.0 Å². The fourth-order valence-electron chi connectivity index (χ4n) is 2.57. The Morgan fingerprint density at radius 1 is 1.42 bits per heavy atom. The van der Waals surface area contributed by atoms with E-state index in [0.717, 1.165) is 0 Å². The van der Waals surface area contributed by atoms with Gasteiger partial charge in [-0.1, -0.05) is 12.1 Å². The number of methoxy groups -OCH3 is 1. The molecule has 1 atom stereocenters. The maximum atomic E-state index is 12.6. The maximum absolute atomic E-state index is 12.6. The van der Waals surface area contributed by atoms with Gasteiger partial charge in [0.25, 0.3) is 0 Å². The van der Waals surface area contributed by atoms with E-state index in [1.54, 1.807) is 6.07 Å². The monoisotopic (exact) mass is 370 g/mol. The fraction of sp³-hybridized carbons (Fsp3) is 0.412. The second kappa shape index (κ2) is 9.14. The van der Waals surface area contributed by atoms with Crippen LogP contribution < -0.4 is 15.2 Å². The number of alkyl halides is 2. The molecule has 0 bridgehead atoms. The topological polar surface area (TPSA) is 91.1 Å². The number of para-hydroxylation sites is 1. The maximum Gasteiger partial charge on any atom is 0.387 e. The largest absolute Gasteiger partial charge is 0.493 e. The SMILES string of the molecule is COc1cccc(/C=C\C(=O)N2CC[C@@H](OCC(N)=O)C2)c1OC(F)F. The summed E-state index contributed by atoms with van der Waals surface area (Å²) in [5.74, 6) is -0.876. The molecule has 0 spiro atoms. The lowest BCUT2D eigenvalue weighted by Crippen LogP contribution is -2.30. The van der Waals surface area contributed by atoms with Gasteiger partial charge < -0.3 is 24.8 Å². The summed E-state index contributed by atoms with van der Waals surface area (Å²) in [6.07, 6.45) is 2.99. The van der Waals surface area contributed by atoms with Crippen molar-refractivity contribution in [2.24, 2.45) is 5.73 Å². The quantitative estimate of drug-likeness (QED) is 0.699. The highest BCUT2D eigenvalue weighted by atomic mass is 19.3. The molecule has 1 aliphatic heterocycles. The minimum absolute atomic E-state index is 0.140. The highest BCUT2D eigenvalue weighted by Gasteiger charge is 2.26. The third-order valence-electron chi connectivity index (χ3n) is 3.76. The van der Waals surface area contributed by atoms with Crippen LogP contribution in [-0.2, 0) is 14.3 Å². The van der Waals surface area contributed by atoms with Crippen molar-refractivity contribution in [3.05, 3.63) is 29.8 Å². The van der Waals surface area contributed by atoms with Crippen molar-refractivity contribution >= 4 is 17.9 Å². The van der Waals surface area contributed by atoms with Gasteiger partial charge in [-0.15, -0.1) is 0 Å². The molecule has 0 aromatic heterocycles. The molecule has 1 aromatic carbocycles. The third-order valence-corrected chi connectivity index (χ3v) is 3.76. The van der Waals surface area contributed by atoms with Crippen molar-refractivity contribution < 1.29 is 32.6 Å². The zero-order chi connectivity index (χ0) is 19.1. The number of primary amides is 1. The summed E-state index contributed by atoms with van der Waals surface area (Å²) in [5.41, 5.74) is 5.31. The van der Waals surface area contributed by atoms with Gasteiger partial charge in [-0.3, -0.25) is 9.59 Å². The Morgan fingerprint density at radius 2 is 2.19 bits per heavy atom. The van der Waals surface area contributed by atoms with E-state index in [9.17, 15) is 18.4 Å². The van der Waals surface area contributed by atoms with Gasteiger partial charge in [0.1, 0.15) is 6.61 Å². The number of halogens is 2. The Balaban J connectivity index is 2.03. The van der Waals surface area contributed by atoms with E-state index >= 15 is 0 Å². The molecular weight excluding hydrogens is 350 g/mol. The van der Waals surface area contributed by atoms with Crippen LogP contribution in [0.4, 0.5) is 8.78 Å². The van der Waals surface area contributed by atoms with Gasteiger partial charge in [-0.25, -0.2) is 0 Å². The van der Waals surface area contributed by atoms with E-state index in [1.807, 2.05) is 0 Å². The Morgan fingerprint density at radius 3 is 2.85 bits per heavy atom. The van der Waals surface area contributed by atoms with Crippen molar-refractivity contribution in [1.82, 2.24) is 4.90 Å². The lowest BCUT2D eigenvalue weighted by atomic mass is 10.1. The van der Waals surface area contributed by atoms with Crippen LogP contribution in [0, 0.1) is 0 Å². The van der Waals surface area contributed by atoms with Crippen molar-refractivity contribution in [2.75, 3.05) is 26.8 Å². The van der Waals surface area contributed by atoms with Crippen molar-refractivity contribution in [3.63, 3.8) is 0 Å². The van der Waals surface area contributed by atoms with E-state index in [2.05, 4.69) is 4.74 Å². The van der Waals surface area contributed by atoms with Crippen molar-refractivity contribution in [2.45, 2.75) is 19.1 Å². The zero-order valence-corrected chi connectivity index (χ0v) is 14.2. The lowest BCUT2D eigenvalue weighted by Gasteiger charge is -2.15. The predicted molar refractivity (Wildman–Crippen MR) is 88.8 cm³/mol. The minimum Gasteiger partial charge on any atom is -0.493 e. The van der Waals surface area contributed by atoms with Crippen molar-refractivity contribution in [3.8, 4) is 11.5 Å². The highest BCUT2D eigenvalue weighted by molar-refractivity contribution is 5.92. The molecule has 2 rings (SSSR count). The van der Waals surface area contributed by atoms with Crippen LogP contribution in [0.3, 0.4) is 0 Å². The molecule has 0 radical (unpaired) electrons. The number of carbonyl (C=O) groups excluding carboxylic acids is 2. The molecular formula is C17H20F2N2O5. The lowest BCUT2D eigenvalue weighted by molar-refractivity contribution is -0.126. The van der Waals surface area contributed by atoms with E-state index in [1.165, 1.54) is 36.3 Å². The molecule has 1 fully saturated rings. The fourth-order valence-corrected chi connectivity index (χ4v) is 2.57. The molecule has 1 heterocycles. The number of hydrogen-bond donors (Lipinski definition) is 1. The smallest absolute Gasteiger partial charge is 0.387 e. The number of rotatable bonds is 8. The van der Waals surface area contributed by atoms with Crippen LogP contribution in [0.5, 0.6) is 11.5 Å². The summed E-state index contributed by atoms with van der Waals surface area (Å²) in [6, 6.07) is 4.62. The van der Waals surface area contributed by atoms with Gasteiger partial charge in [0, 0.05) is 24.7 Å². The number of nitrogens with two attached hydrogens (primary N) is 1. The standard InChI is InChI=1S/C17H20F2N2O5/c1-24-13-4-2-3-11(16(13)26-17(18)19)5-6-15(23)21-8-7-12(9-21)25-10-14(20)22/h2-6,12,17H,7-10H2,1H3,(H2,20,22)/b6-5-/t12-/m1/s1. The first-order chi connectivity index (χ1) is 12.4. The second-order valence-corrected chi connectivity index (χ2v) is 5.56.